The van der Waals surface area contributed by atoms with E-state index < -0.39 is 23.7 Å². The maximum absolute atomic E-state index is 12.0. The van der Waals surface area contributed by atoms with E-state index in [1.54, 1.807) is 39.0 Å². The number of carbonyl (C=O) groups is 2. The molecule has 2 rings (SSSR count). The molecule has 0 heterocycles. The van der Waals surface area contributed by atoms with Crippen LogP contribution in [0.15, 0.2) is 30.3 Å². The molecule has 0 radical (unpaired) electrons. The van der Waals surface area contributed by atoms with Crippen LogP contribution in [0.2, 0.25) is 15.1 Å². The lowest BCUT2D eigenvalue weighted by molar-refractivity contribution is -0.139. The Morgan fingerprint density at radius 3 is 2.28 bits per heavy atom. The fourth-order valence-electron chi connectivity index (χ4n) is 2.73. The van der Waals surface area contributed by atoms with Crippen LogP contribution in [0.1, 0.15) is 31.9 Å². The molecule has 0 aliphatic heterocycles. The SMILES string of the molecule is COc1ccc(CC(NC(=O)OC(C)(C)C)C(=O)O)cc1COc1cc(Cl)c(Cl)cc1Cl. The third-order valence-corrected chi connectivity index (χ3v) is 5.15. The first kappa shape index (κ1) is 25.9. The highest BCUT2D eigenvalue weighted by atomic mass is 35.5. The zero-order valence-corrected chi connectivity index (χ0v) is 20.3. The molecule has 2 aromatic rings. The largest absolute Gasteiger partial charge is 0.496 e. The van der Waals surface area contributed by atoms with Crippen LogP contribution < -0.4 is 14.8 Å². The Bertz CT molecular complexity index is 990. The van der Waals surface area contributed by atoms with Crippen LogP contribution in [0.25, 0.3) is 0 Å². The number of alkyl carbamates (subject to hydrolysis) is 1. The molecular weight excluding hydrogens is 481 g/mol. The topological polar surface area (TPSA) is 94.1 Å². The molecule has 0 fully saturated rings. The summed E-state index contributed by atoms with van der Waals surface area (Å²) < 4.78 is 16.3. The van der Waals surface area contributed by atoms with Gasteiger partial charge in [-0.1, -0.05) is 40.9 Å². The molecule has 0 saturated heterocycles. The Morgan fingerprint density at radius 2 is 1.69 bits per heavy atom. The predicted molar refractivity (Wildman–Crippen MR) is 123 cm³/mol. The monoisotopic (exact) mass is 503 g/mol. The standard InChI is InChI=1S/C22H24Cl3NO6/c1-22(2,3)32-21(29)26-17(20(27)28)8-12-5-6-18(30-4)13(7-12)11-31-19-10-15(24)14(23)9-16(19)25/h5-7,9-10,17H,8,11H2,1-4H3,(H,26,29)(H,27,28). The van der Waals surface area contributed by atoms with Gasteiger partial charge in [0, 0.05) is 18.1 Å². The molecular formula is C22H24Cl3NO6. The third kappa shape index (κ3) is 7.65. The second kappa shape index (κ2) is 11.0. The van der Waals surface area contributed by atoms with E-state index in [2.05, 4.69) is 5.32 Å². The van der Waals surface area contributed by atoms with Crippen LogP contribution in [0.5, 0.6) is 11.5 Å². The van der Waals surface area contributed by atoms with Crippen molar-refractivity contribution in [3.05, 3.63) is 56.5 Å². The Labute approximate surface area is 201 Å². The molecule has 174 valence electrons. The van der Waals surface area contributed by atoms with E-state index in [1.165, 1.54) is 19.2 Å². The van der Waals surface area contributed by atoms with Gasteiger partial charge in [-0.3, -0.25) is 0 Å². The molecule has 1 amide bonds. The minimum absolute atomic E-state index is 0.0269. The number of nitrogens with one attached hydrogen (secondary N) is 1. The first-order chi connectivity index (χ1) is 14.9. The van der Waals surface area contributed by atoms with Gasteiger partial charge < -0.3 is 24.6 Å². The predicted octanol–water partition coefficient (Wildman–Crippen LogP) is 5.75. The van der Waals surface area contributed by atoms with E-state index in [9.17, 15) is 14.7 Å². The quantitative estimate of drug-likeness (QED) is 0.444. The summed E-state index contributed by atoms with van der Waals surface area (Å²) in [5.41, 5.74) is 0.547. The Balaban J connectivity index is 2.18. The highest BCUT2D eigenvalue weighted by Crippen LogP contribution is 2.34. The van der Waals surface area contributed by atoms with Crippen molar-refractivity contribution < 1.29 is 28.9 Å². The average Bonchev–Trinajstić information content (AvgIpc) is 2.67. The Kier molecular flexibility index (Phi) is 8.89. The summed E-state index contributed by atoms with van der Waals surface area (Å²) in [6.45, 7) is 5.15. The molecule has 0 bridgehead atoms. The number of carbonyl (C=O) groups excluding carboxylic acids is 1. The van der Waals surface area contributed by atoms with Gasteiger partial charge >= 0.3 is 12.1 Å². The van der Waals surface area contributed by atoms with Gasteiger partial charge in [0.05, 0.1) is 22.2 Å². The average molecular weight is 505 g/mol. The highest BCUT2D eigenvalue weighted by molar-refractivity contribution is 6.43. The molecule has 1 atom stereocenters. The number of amides is 1. The summed E-state index contributed by atoms with van der Waals surface area (Å²) >= 11 is 18.1. The zero-order chi connectivity index (χ0) is 24.1. The van der Waals surface area contributed by atoms with Gasteiger partial charge in [-0.25, -0.2) is 9.59 Å². The summed E-state index contributed by atoms with van der Waals surface area (Å²) in [5.74, 6) is -0.312. The zero-order valence-electron chi connectivity index (χ0n) is 18.0. The first-order valence-electron chi connectivity index (χ1n) is 9.55. The van der Waals surface area contributed by atoms with Crippen molar-refractivity contribution in [1.29, 1.82) is 0 Å². The van der Waals surface area contributed by atoms with E-state index in [4.69, 9.17) is 49.0 Å². The van der Waals surface area contributed by atoms with Crippen LogP contribution >= 0.6 is 34.8 Å². The van der Waals surface area contributed by atoms with Crippen molar-refractivity contribution in [3.63, 3.8) is 0 Å². The third-order valence-electron chi connectivity index (χ3n) is 4.13. The minimum atomic E-state index is -1.19. The van der Waals surface area contributed by atoms with Crippen molar-refractivity contribution in [2.24, 2.45) is 0 Å². The molecule has 0 spiro atoms. The maximum Gasteiger partial charge on any atom is 0.408 e. The minimum Gasteiger partial charge on any atom is -0.496 e. The van der Waals surface area contributed by atoms with Crippen molar-refractivity contribution in [2.45, 2.75) is 45.4 Å². The summed E-state index contributed by atoms with van der Waals surface area (Å²) in [7, 11) is 1.51. The van der Waals surface area contributed by atoms with Crippen LogP contribution in [0.4, 0.5) is 4.79 Å². The normalized spacial score (nSPS) is 12.1. The van der Waals surface area contributed by atoms with Gasteiger partial charge in [-0.2, -0.15) is 0 Å². The Morgan fingerprint density at radius 1 is 1.03 bits per heavy atom. The lowest BCUT2D eigenvalue weighted by atomic mass is 10.0. The smallest absolute Gasteiger partial charge is 0.408 e. The van der Waals surface area contributed by atoms with Gasteiger partial charge in [-0.05, 0) is 44.5 Å². The fourth-order valence-corrected chi connectivity index (χ4v) is 3.32. The van der Waals surface area contributed by atoms with Gasteiger partial charge in [0.15, 0.2) is 0 Å². The number of ether oxygens (including phenoxy) is 3. The summed E-state index contributed by atoms with van der Waals surface area (Å²) in [5, 5.41) is 12.8. The first-order valence-corrected chi connectivity index (χ1v) is 10.7. The molecule has 2 N–H and O–H groups in total. The molecule has 2 aromatic carbocycles. The molecule has 0 aliphatic rings. The lowest BCUT2D eigenvalue weighted by Gasteiger charge is -2.22. The van der Waals surface area contributed by atoms with Crippen molar-refractivity contribution >= 4 is 46.9 Å². The van der Waals surface area contributed by atoms with Crippen molar-refractivity contribution in [2.75, 3.05) is 7.11 Å². The van der Waals surface area contributed by atoms with Crippen LogP contribution in [-0.2, 0) is 22.6 Å². The number of rotatable bonds is 8. The molecule has 7 nitrogen and oxygen atoms in total. The van der Waals surface area contributed by atoms with E-state index in [0.717, 1.165) is 0 Å². The van der Waals surface area contributed by atoms with Gasteiger partial charge in [0.1, 0.15) is 29.7 Å². The highest BCUT2D eigenvalue weighted by Gasteiger charge is 2.24. The van der Waals surface area contributed by atoms with E-state index in [0.29, 0.717) is 37.7 Å². The summed E-state index contributed by atoms with van der Waals surface area (Å²) in [6, 6.07) is 6.94. The molecule has 0 aromatic heterocycles. The van der Waals surface area contributed by atoms with Gasteiger partial charge in [0.25, 0.3) is 0 Å². The van der Waals surface area contributed by atoms with Crippen LogP contribution in [-0.4, -0.2) is 35.9 Å². The lowest BCUT2D eigenvalue weighted by Crippen LogP contribution is -2.44. The molecule has 0 saturated carbocycles. The number of carboxylic acid groups (broad SMARTS) is 1. The molecule has 0 aliphatic carbocycles. The summed E-state index contributed by atoms with van der Waals surface area (Å²) in [6.07, 6.45) is -0.782. The second-order valence-electron chi connectivity index (χ2n) is 7.87. The number of aliphatic carboxylic acids is 1. The maximum atomic E-state index is 12.0. The number of hydrogen-bond donors (Lipinski definition) is 2. The van der Waals surface area contributed by atoms with E-state index in [1.807, 2.05) is 0 Å². The Hall–Kier alpha value is -2.35. The van der Waals surface area contributed by atoms with E-state index >= 15 is 0 Å². The molecule has 1 unspecified atom stereocenters. The van der Waals surface area contributed by atoms with Crippen LogP contribution in [0, 0.1) is 0 Å². The fraction of sp³-hybridized carbons (Fsp3) is 0.364. The number of methoxy groups -OCH3 is 1. The van der Waals surface area contributed by atoms with Gasteiger partial charge in [0.2, 0.25) is 0 Å². The van der Waals surface area contributed by atoms with Gasteiger partial charge in [-0.15, -0.1) is 0 Å². The number of halogens is 3. The second-order valence-corrected chi connectivity index (χ2v) is 9.09. The van der Waals surface area contributed by atoms with Crippen molar-refractivity contribution in [3.8, 4) is 11.5 Å². The number of carboxylic acids is 1. The van der Waals surface area contributed by atoms with Crippen LogP contribution in [0.3, 0.4) is 0 Å². The van der Waals surface area contributed by atoms with Crippen molar-refractivity contribution in [1.82, 2.24) is 5.32 Å². The molecule has 32 heavy (non-hydrogen) atoms. The summed E-state index contributed by atoms with van der Waals surface area (Å²) in [4.78, 5) is 23.7. The molecule has 10 heteroatoms. The number of hydrogen-bond acceptors (Lipinski definition) is 5. The van der Waals surface area contributed by atoms with E-state index in [-0.39, 0.29) is 13.0 Å². The number of benzene rings is 2.